The van der Waals surface area contributed by atoms with Crippen LogP contribution in [-0.2, 0) is 14.3 Å². The first-order valence-corrected chi connectivity index (χ1v) is 10.2. The number of carbonyl (C=O) groups is 4. The first-order valence-electron chi connectivity index (χ1n) is 10.2. The summed E-state index contributed by atoms with van der Waals surface area (Å²) in [5.74, 6) is 0.268. The average Bonchev–Trinajstić information content (AvgIpc) is 2.75. The van der Waals surface area contributed by atoms with E-state index in [-0.39, 0.29) is 30.3 Å². The molecule has 1 saturated heterocycles. The zero-order valence-electron chi connectivity index (χ0n) is 17.4. The van der Waals surface area contributed by atoms with E-state index in [9.17, 15) is 19.2 Å². The Balaban J connectivity index is 1.52. The molecule has 0 saturated carbocycles. The van der Waals surface area contributed by atoms with Gasteiger partial charge in [0.15, 0.2) is 12.4 Å². The second-order valence-electron chi connectivity index (χ2n) is 7.24. The zero-order chi connectivity index (χ0) is 21.7. The SMILES string of the molecule is CCOC(=O)N1CCN(C(=O)CCCN2C(=O)COc3ccc(C(C)=O)cc32)CC1. The maximum absolute atomic E-state index is 12.5. The van der Waals surface area contributed by atoms with Gasteiger partial charge in [-0.15, -0.1) is 0 Å². The van der Waals surface area contributed by atoms with E-state index >= 15 is 0 Å². The van der Waals surface area contributed by atoms with E-state index in [1.54, 1.807) is 39.8 Å². The van der Waals surface area contributed by atoms with Gasteiger partial charge in [-0.25, -0.2) is 4.79 Å². The Hall–Kier alpha value is -3.10. The van der Waals surface area contributed by atoms with Crippen LogP contribution in [0.2, 0.25) is 0 Å². The van der Waals surface area contributed by atoms with Gasteiger partial charge in [0.1, 0.15) is 5.75 Å². The molecule has 0 unspecified atom stereocenters. The Morgan fingerprint density at radius 2 is 1.80 bits per heavy atom. The third-order valence-electron chi connectivity index (χ3n) is 5.24. The van der Waals surface area contributed by atoms with Crippen LogP contribution in [0.15, 0.2) is 18.2 Å². The van der Waals surface area contributed by atoms with E-state index in [1.165, 1.54) is 6.92 Å². The average molecular weight is 417 g/mol. The lowest BCUT2D eigenvalue weighted by Gasteiger charge is -2.34. The van der Waals surface area contributed by atoms with Crippen molar-refractivity contribution in [3.63, 3.8) is 0 Å². The lowest BCUT2D eigenvalue weighted by molar-refractivity contribution is -0.133. The molecule has 30 heavy (non-hydrogen) atoms. The number of anilines is 1. The number of hydrogen-bond acceptors (Lipinski definition) is 6. The molecule has 0 N–H and O–H groups in total. The number of ether oxygens (including phenoxy) is 2. The lowest BCUT2D eigenvalue weighted by Crippen LogP contribution is -2.50. The highest BCUT2D eigenvalue weighted by Crippen LogP contribution is 2.33. The fourth-order valence-corrected chi connectivity index (χ4v) is 3.57. The van der Waals surface area contributed by atoms with Gasteiger partial charge < -0.3 is 24.2 Å². The normalized spacial score (nSPS) is 16.1. The number of ketones is 1. The molecule has 0 aromatic heterocycles. The van der Waals surface area contributed by atoms with Gasteiger partial charge in [-0.3, -0.25) is 14.4 Å². The maximum Gasteiger partial charge on any atom is 0.409 e. The zero-order valence-corrected chi connectivity index (χ0v) is 17.4. The molecule has 0 aliphatic carbocycles. The number of hydrogen-bond donors (Lipinski definition) is 0. The van der Waals surface area contributed by atoms with Crippen molar-refractivity contribution in [3.8, 4) is 5.75 Å². The number of piperazine rings is 1. The van der Waals surface area contributed by atoms with Crippen molar-refractivity contribution >= 4 is 29.4 Å². The summed E-state index contributed by atoms with van der Waals surface area (Å²) < 4.78 is 10.4. The van der Waals surface area contributed by atoms with E-state index < -0.39 is 0 Å². The molecule has 9 nitrogen and oxygen atoms in total. The molecule has 3 rings (SSSR count). The maximum atomic E-state index is 12.5. The van der Waals surface area contributed by atoms with Crippen molar-refractivity contribution in [2.24, 2.45) is 0 Å². The molecule has 2 aliphatic rings. The van der Waals surface area contributed by atoms with Crippen molar-refractivity contribution in [2.45, 2.75) is 26.7 Å². The minimum absolute atomic E-state index is 0.00284. The molecule has 162 valence electrons. The number of amides is 3. The van der Waals surface area contributed by atoms with Gasteiger partial charge >= 0.3 is 6.09 Å². The molecular formula is C21H27N3O6. The van der Waals surface area contributed by atoms with Gasteiger partial charge in [0.25, 0.3) is 5.91 Å². The van der Waals surface area contributed by atoms with Crippen LogP contribution in [-0.4, -0.2) is 79.4 Å². The van der Waals surface area contributed by atoms with Crippen LogP contribution in [0.25, 0.3) is 0 Å². The highest BCUT2D eigenvalue weighted by molar-refractivity contribution is 6.01. The van der Waals surface area contributed by atoms with E-state index in [0.29, 0.717) is 69.2 Å². The summed E-state index contributed by atoms with van der Waals surface area (Å²) in [6.45, 7) is 5.71. The number of fused-ring (bicyclic) bond motifs is 1. The molecule has 9 heteroatoms. The van der Waals surface area contributed by atoms with Crippen LogP contribution in [0, 0.1) is 0 Å². The van der Waals surface area contributed by atoms with Gasteiger partial charge in [-0.2, -0.15) is 0 Å². The van der Waals surface area contributed by atoms with Crippen LogP contribution in [0.1, 0.15) is 37.0 Å². The fraction of sp³-hybridized carbons (Fsp3) is 0.524. The smallest absolute Gasteiger partial charge is 0.409 e. The van der Waals surface area contributed by atoms with Gasteiger partial charge in [0, 0.05) is 44.7 Å². The van der Waals surface area contributed by atoms with Crippen LogP contribution in [0.4, 0.5) is 10.5 Å². The summed E-state index contributed by atoms with van der Waals surface area (Å²) in [4.78, 5) is 53.2. The number of nitrogens with zero attached hydrogens (tertiary/aromatic N) is 3. The van der Waals surface area contributed by atoms with Crippen molar-refractivity contribution < 1.29 is 28.7 Å². The minimum Gasteiger partial charge on any atom is -0.482 e. The van der Waals surface area contributed by atoms with Gasteiger partial charge in [0.2, 0.25) is 5.91 Å². The topological polar surface area (TPSA) is 96.5 Å². The third kappa shape index (κ3) is 4.90. The number of benzene rings is 1. The molecule has 0 radical (unpaired) electrons. The quantitative estimate of drug-likeness (QED) is 0.654. The van der Waals surface area contributed by atoms with Crippen LogP contribution < -0.4 is 9.64 Å². The molecule has 0 atom stereocenters. The molecule has 3 amide bonds. The minimum atomic E-state index is -0.348. The Morgan fingerprint density at radius 1 is 1.10 bits per heavy atom. The van der Waals surface area contributed by atoms with Crippen LogP contribution in [0.5, 0.6) is 5.75 Å². The van der Waals surface area contributed by atoms with Crippen LogP contribution >= 0.6 is 0 Å². The second kappa shape index (κ2) is 9.60. The summed E-state index contributed by atoms with van der Waals surface area (Å²) in [5, 5.41) is 0. The van der Waals surface area contributed by atoms with E-state index in [1.807, 2.05) is 0 Å². The lowest BCUT2D eigenvalue weighted by atomic mass is 10.1. The Labute approximate surface area is 175 Å². The van der Waals surface area contributed by atoms with E-state index in [2.05, 4.69) is 0 Å². The molecule has 1 fully saturated rings. The summed E-state index contributed by atoms with van der Waals surface area (Å²) >= 11 is 0. The first kappa shape index (κ1) is 21.6. The second-order valence-corrected chi connectivity index (χ2v) is 7.24. The summed E-state index contributed by atoms with van der Waals surface area (Å²) in [6, 6.07) is 5.03. The van der Waals surface area contributed by atoms with Crippen LogP contribution in [0.3, 0.4) is 0 Å². The highest BCUT2D eigenvalue weighted by atomic mass is 16.6. The monoisotopic (exact) mass is 417 g/mol. The van der Waals surface area contributed by atoms with Crippen molar-refractivity contribution in [2.75, 3.05) is 50.8 Å². The Bertz CT molecular complexity index is 832. The predicted molar refractivity (Wildman–Crippen MR) is 109 cm³/mol. The summed E-state index contributed by atoms with van der Waals surface area (Å²) in [7, 11) is 0. The summed E-state index contributed by atoms with van der Waals surface area (Å²) in [5.41, 5.74) is 1.07. The molecule has 1 aromatic rings. The highest BCUT2D eigenvalue weighted by Gasteiger charge is 2.27. The summed E-state index contributed by atoms with van der Waals surface area (Å²) in [6.07, 6.45) is 0.442. The fourth-order valence-electron chi connectivity index (χ4n) is 3.57. The number of Topliss-reactive ketones (excluding diaryl/α,β-unsaturated/α-hetero) is 1. The Kier molecular flexibility index (Phi) is 6.91. The number of carbonyl (C=O) groups excluding carboxylic acids is 4. The van der Waals surface area contributed by atoms with Crippen molar-refractivity contribution in [1.82, 2.24) is 9.80 Å². The van der Waals surface area contributed by atoms with Gasteiger partial charge in [0.05, 0.1) is 12.3 Å². The molecule has 0 bridgehead atoms. The van der Waals surface area contributed by atoms with E-state index in [4.69, 9.17) is 9.47 Å². The van der Waals surface area contributed by atoms with Crippen molar-refractivity contribution in [3.05, 3.63) is 23.8 Å². The molecule has 2 heterocycles. The number of rotatable bonds is 6. The molecule has 2 aliphatic heterocycles. The van der Waals surface area contributed by atoms with Crippen molar-refractivity contribution in [1.29, 1.82) is 0 Å². The standard InChI is InChI=1S/C21H27N3O6/c1-3-29-21(28)23-11-9-22(10-12-23)19(26)5-4-8-24-17-13-16(15(2)25)6-7-18(17)30-14-20(24)27/h6-7,13H,3-5,8-12,14H2,1-2H3. The van der Waals surface area contributed by atoms with E-state index in [0.717, 1.165) is 0 Å². The van der Waals surface area contributed by atoms with Gasteiger partial charge in [-0.05, 0) is 38.5 Å². The third-order valence-corrected chi connectivity index (χ3v) is 5.24. The van der Waals surface area contributed by atoms with Gasteiger partial charge in [-0.1, -0.05) is 0 Å². The molecule has 1 aromatic carbocycles. The largest absolute Gasteiger partial charge is 0.482 e. The molecular weight excluding hydrogens is 390 g/mol. The first-order chi connectivity index (χ1) is 14.4. The predicted octanol–water partition coefficient (Wildman–Crippen LogP) is 1.70. The Morgan fingerprint density at radius 3 is 2.47 bits per heavy atom. The molecule has 0 spiro atoms.